The number of nitriles is 1. The second kappa shape index (κ2) is 8.63. The number of rotatable bonds is 3. The number of anilines is 1. The van der Waals surface area contributed by atoms with Crippen LogP contribution in [-0.4, -0.2) is 47.4 Å². The number of likely N-dealkylation sites (tertiary alicyclic amines) is 1. The van der Waals surface area contributed by atoms with Gasteiger partial charge in [-0.1, -0.05) is 0 Å². The number of aryl methyl sites for hydroxylation is 1. The number of primary amides is 1. The fourth-order valence-corrected chi connectivity index (χ4v) is 4.95. The lowest BCUT2D eigenvalue weighted by Crippen LogP contribution is -2.44. The van der Waals surface area contributed by atoms with Crippen molar-refractivity contribution in [2.45, 2.75) is 38.4 Å². The van der Waals surface area contributed by atoms with Gasteiger partial charge in [-0.05, 0) is 61.9 Å². The van der Waals surface area contributed by atoms with Crippen LogP contribution >= 0.6 is 0 Å². The van der Waals surface area contributed by atoms with Crippen molar-refractivity contribution in [1.82, 2.24) is 9.88 Å². The summed E-state index contributed by atoms with van der Waals surface area (Å²) in [7, 11) is 0. The van der Waals surface area contributed by atoms with Crippen LogP contribution in [0.2, 0.25) is 0 Å². The molecule has 1 aromatic heterocycles. The second-order valence-electron chi connectivity index (χ2n) is 9.07. The van der Waals surface area contributed by atoms with E-state index < -0.39 is 29.3 Å². The highest BCUT2D eigenvalue weighted by Gasteiger charge is 2.49. The van der Waals surface area contributed by atoms with E-state index in [2.05, 4.69) is 4.98 Å². The van der Waals surface area contributed by atoms with Gasteiger partial charge in [-0.2, -0.15) is 18.4 Å². The van der Waals surface area contributed by atoms with E-state index >= 15 is 0 Å². The number of carbonyl (C=O) groups excluding carboxylic acids is 2. The van der Waals surface area contributed by atoms with Gasteiger partial charge in [0, 0.05) is 37.2 Å². The lowest BCUT2D eigenvalue weighted by molar-refractivity contribution is -0.137. The van der Waals surface area contributed by atoms with E-state index in [9.17, 15) is 22.8 Å². The molecule has 2 N–H and O–H groups in total. The van der Waals surface area contributed by atoms with Crippen LogP contribution in [0.25, 0.3) is 0 Å². The normalized spacial score (nSPS) is 19.8. The summed E-state index contributed by atoms with van der Waals surface area (Å²) < 4.78 is 40.1. The minimum absolute atomic E-state index is 0.308. The maximum atomic E-state index is 13.4. The first-order valence-electron chi connectivity index (χ1n) is 10.9. The van der Waals surface area contributed by atoms with Gasteiger partial charge in [0.25, 0.3) is 5.91 Å². The molecule has 0 aliphatic carbocycles. The Balaban J connectivity index is 1.52. The van der Waals surface area contributed by atoms with E-state index in [1.807, 2.05) is 11.8 Å². The van der Waals surface area contributed by atoms with Gasteiger partial charge >= 0.3 is 6.18 Å². The Morgan fingerprint density at radius 1 is 1.21 bits per heavy atom. The predicted octanol–water partition coefficient (Wildman–Crippen LogP) is 3.27. The molecule has 0 bridgehead atoms. The summed E-state index contributed by atoms with van der Waals surface area (Å²) in [5, 5.41) is 9.02. The van der Waals surface area contributed by atoms with Gasteiger partial charge < -0.3 is 15.5 Å². The Bertz CT molecular complexity index is 1150. The van der Waals surface area contributed by atoms with Gasteiger partial charge in [0.2, 0.25) is 5.91 Å². The molecule has 1 aromatic carbocycles. The molecule has 178 valence electrons. The number of carbonyl (C=O) groups is 2. The Kier molecular flexibility index (Phi) is 5.98. The zero-order valence-corrected chi connectivity index (χ0v) is 18.6. The number of pyridine rings is 1. The largest absolute Gasteiger partial charge is 0.417 e. The molecule has 10 heteroatoms. The number of halogens is 3. The molecule has 2 aromatic rings. The molecule has 2 amide bonds. The molecule has 0 saturated carbocycles. The molecule has 7 nitrogen and oxygen atoms in total. The lowest BCUT2D eigenvalue weighted by Gasteiger charge is -2.40. The standard InChI is InChI=1S/C24H24F3N5O2/c1-15-2-3-17(13-30-15)22(34)32-14-23(11-20(32)21(29)33)6-8-31(9-7-23)18-5-4-16(12-28)19(10-18)24(25,26)27/h2-5,10,13,20H,6-9,11,14H2,1H3,(H2,29,33). The van der Waals surface area contributed by atoms with Crippen molar-refractivity contribution in [2.75, 3.05) is 24.5 Å². The van der Waals surface area contributed by atoms with Crippen LogP contribution in [-0.2, 0) is 11.0 Å². The first-order valence-corrected chi connectivity index (χ1v) is 10.9. The number of aromatic nitrogens is 1. The van der Waals surface area contributed by atoms with Crippen LogP contribution in [0.3, 0.4) is 0 Å². The molecular weight excluding hydrogens is 447 g/mol. The Hall–Kier alpha value is -3.61. The SMILES string of the molecule is Cc1ccc(C(=O)N2CC3(CCN(c4ccc(C#N)c(C(F)(F)F)c4)CC3)CC2C(N)=O)cn1. The van der Waals surface area contributed by atoms with Crippen LogP contribution in [0.4, 0.5) is 18.9 Å². The van der Waals surface area contributed by atoms with Crippen molar-refractivity contribution in [3.8, 4) is 6.07 Å². The van der Waals surface area contributed by atoms with Crippen LogP contribution in [0.5, 0.6) is 0 Å². The van der Waals surface area contributed by atoms with E-state index in [0.29, 0.717) is 50.1 Å². The number of nitrogens with zero attached hydrogens (tertiary/aromatic N) is 4. The van der Waals surface area contributed by atoms with Gasteiger partial charge in [0.15, 0.2) is 0 Å². The smallest absolute Gasteiger partial charge is 0.371 e. The third-order valence-electron chi connectivity index (χ3n) is 6.87. The van der Waals surface area contributed by atoms with E-state index in [4.69, 9.17) is 11.0 Å². The van der Waals surface area contributed by atoms with Gasteiger partial charge in [0.05, 0.1) is 22.8 Å². The Morgan fingerprint density at radius 3 is 2.47 bits per heavy atom. The minimum Gasteiger partial charge on any atom is -0.371 e. The van der Waals surface area contributed by atoms with E-state index in [1.54, 1.807) is 18.2 Å². The van der Waals surface area contributed by atoms with Crippen LogP contribution in [0.1, 0.15) is 46.4 Å². The summed E-state index contributed by atoms with van der Waals surface area (Å²) in [6, 6.07) is 7.97. The third-order valence-corrected chi connectivity index (χ3v) is 6.87. The topological polar surface area (TPSA) is 103 Å². The zero-order valence-electron chi connectivity index (χ0n) is 18.6. The summed E-state index contributed by atoms with van der Waals surface area (Å²) in [6.45, 7) is 3.08. The van der Waals surface area contributed by atoms with Gasteiger partial charge in [-0.25, -0.2) is 0 Å². The highest BCUT2D eigenvalue weighted by molar-refractivity contribution is 5.97. The third kappa shape index (κ3) is 4.42. The highest BCUT2D eigenvalue weighted by Crippen LogP contribution is 2.45. The Labute approximate surface area is 195 Å². The quantitative estimate of drug-likeness (QED) is 0.740. The van der Waals surface area contributed by atoms with Gasteiger partial charge in [-0.3, -0.25) is 14.6 Å². The van der Waals surface area contributed by atoms with Crippen molar-refractivity contribution in [2.24, 2.45) is 11.1 Å². The molecule has 4 rings (SSSR count). The molecule has 0 radical (unpaired) electrons. The summed E-state index contributed by atoms with van der Waals surface area (Å²) >= 11 is 0. The predicted molar refractivity (Wildman–Crippen MR) is 118 cm³/mol. The molecule has 2 aliphatic heterocycles. The number of nitrogens with two attached hydrogens (primary N) is 1. The minimum atomic E-state index is -4.62. The van der Waals surface area contributed by atoms with E-state index in [0.717, 1.165) is 11.8 Å². The summed E-state index contributed by atoms with van der Waals surface area (Å²) in [6.07, 6.45) is -1.54. The summed E-state index contributed by atoms with van der Waals surface area (Å²) in [4.78, 5) is 32.8. The number of hydrogen-bond acceptors (Lipinski definition) is 5. The molecule has 2 saturated heterocycles. The molecule has 1 atom stereocenters. The molecule has 34 heavy (non-hydrogen) atoms. The van der Waals surface area contributed by atoms with Crippen LogP contribution in [0, 0.1) is 23.7 Å². The molecule has 1 spiro atoms. The van der Waals surface area contributed by atoms with Crippen molar-refractivity contribution in [1.29, 1.82) is 5.26 Å². The van der Waals surface area contributed by atoms with Crippen molar-refractivity contribution in [3.63, 3.8) is 0 Å². The van der Waals surface area contributed by atoms with Crippen LogP contribution in [0.15, 0.2) is 36.5 Å². The molecule has 3 heterocycles. The van der Waals surface area contributed by atoms with E-state index in [1.165, 1.54) is 23.2 Å². The van der Waals surface area contributed by atoms with E-state index in [-0.39, 0.29) is 11.3 Å². The zero-order chi connectivity index (χ0) is 24.7. The molecule has 2 aliphatic rings. The fraction of sp³-hybridized carbons (Fsp3) is 0.417. The van der Waals surface area contributed by atoms with Gasteiger partial charge in [0.1, 0.15) is 6.04 Å². The molecular formula is C24H24F3N5O2. The second-order valence-corrected chi connectivity index (χ2v) is 9.07. The van der Waals surface area contributed by atoms with Crippen LogP contribution < -0.4 is 10.6 Å². The van der Waals surface area contributed by atoms with Crippen molar-refractivity contribution < 1.29 is 22.8 Å². The summed E-state index contributed by atoms with van der Waals surface area (Å²) in [5.41, 5.74) is 5.46. The number of hydrogen-bond donors (Lipinski definition) is 1. The lowest BCUT2D eigenvalue weighted by atomic mass is 9.76. The Morgan fingerprint density at radius 2 is 1.91 bits per heavy atom. The maximum absolute atomic E-state index is 13.4. The van der Waals surface area contributed by atoms with Crippen molar-refractivity contribution >= 4 is 17.5 Å². The van der Waals surface area contributed by atoms with Crippen molar-refractivity contribution in [3.05, 3.63) is 58.9 Å². The maximum Gasteiger partial charge on any atom is 0.417 e. The number of alkyl halides is 3. The molecule has 1 unspecified atom stereocenters. The monoisotopic (exact) mass is 471 g/mol. The number of benzene rings is 1. The van der Waals surface area contributed by atoms with Gasteiger partial charge in [-0.15, -0.1) is 0 Å². The first-order chi connectivity index (χ1) is 16.0. The number of amides is 2. The fourth-order valence-electron chi connectivity index (χ4n) is 4.95. The highest BCUT2D eigenvalue weighted by atomic mass is 19.4. The number of piperidine rings is 1. The summed E-state index contributed by atoms with van der Waals surface area (Å²) in [5.74, 6) is -0.882. The average molecular weight is 471 g/mol. The average Bonchev–Trinajstić information content (AvgIpc) is 3.18. The first kappa shape index (κ1) is 23.5. The molecule has 2 fully saturated rings.